The molecule has 1 aromatic carbocycles. The van der Waals surface area contributed by atoms with Crippen LogP contribution in [0.1, 0.15) is 85.6 Å². The number of amides is 2. The molecule has 0 spiro atoms. The summed E-state index contributed by atoms with van der Waals surface area (Å²) in [5, 5.41) is 0. The Hall–Kier alpha value is -2.81. The maximum atomic E-state index is 12.9. The molecule has 40 heavy (non-hydrogen) atoms. The highest BCUT2D eigenvalue weighted by Crippen LogP contribution is 2.25. The average Bonchev–Trinajstić information content (AvgIpc) is 3.37. The van der Waals surface area contributed by atoms with E-state index < -0.39 is 11.6 Å². The van der Waals surface area contributed by atoms with E-state index in [0.29, 0.717) is 13.1 Å². The van der Waals surface area contributed by atoms with Crippen molar-refractivity contribution in [3.05, 3.63) is 46.7 Å². The van der Waals surface area contributed by atoms with Gasteiger partial charge in [-0.25, -0.2) is 8.78 Å². The molecule has 0 bridgehead atoms. The fourth-order valence-corrected chi connectivity index (χ4v) is 4.60. The molecule has 1 heterocycles. The molecule has 1 saturated carbocycles. The van der Waals surface area contributed by atoms with Gasteiger partial charge in [0.1, 0.15) is 12.2 Å². The van der Waals surface area contributed by atoms with Crippen molar-refractivity contribution in [2.24, 2.45) is 10.7 Å². The Morgan fingerprint density at radius 3 is 2.10 bits per heavy atom. The van der Waals surface area contributed by atoms with Crippen LogP contribution >= 0.6 is 0 Å². The fourth-order valence-electron chi connectivity index (χ4n) is 4.60. The minimum Gasteiger partial charge on any atom is -0.394 e. The van der Waals surface area contributed by atoms with Crippen LogP contribution in [-0.2, 0) is 14.3 Å². The lowest BCUT2D eigenvalue weighted by molar-refractivity contribution is -0.139. The third-order valence-electron chi connectivity index (χ3n) is 6.27. The molecule has 2 aliphatic rings. The van der Waals surface area contributed by atoms with Gasteiger partial charge >= 0.3 is 0 Å². The molecule has 0 aromatic heterocycles. The summed E-state index contributed by atoms with van der Waals surface area (Å²) in [6.07, 6.45) is 5.56. The van der Waals surface area contributed by atoms with Gasteiger partial charge in [-0.2, -0.15) is 0 Å². The Morgan fingerprint density at radius 1 is 1.02 bits per heavy atom. The molecule has 1 aliphatic carbocycles. The molecular formula is C31H50F2N4O3. The number of carbonyl (C=O) groups is 2. The van der Waals surface area contributed by atoms with Crippen LogP contribution < -0.4 is 5.73 Å². The summed E-state index contributed by atoms with van der Waals surface area (Å²) in [4.78, 5) is 33.6. The zero-order chi connectivity index (χ0) is 30.2. The number of aryl methyl sites for hydroxylation is 1. The van der Waals surface area contributed by atoms with E-state index in [1.54, 1.807) is 11.8 Å². The fraction of sp³-hybridized carbons (Fsp3) is 0.645. The first-order valence-electron chi connectivity index (χ1n) is 14.6. The smallest absolute Gasteiger partial charge is 0.270 e. The zero-order valence-corrected chi connectivity index (χ0v) is 25.6. The van der Waals surface area contributed by atoms with E-state index >= 15 is 0 Å². The molecule has 7 nitrogen and oxygen atoms in total. The highest BCUT2D eigenvalue weighted by molar-refractivity contribution is 6.09. The SMILES string of the molecule is CCC.CCCN(CCC)C(=O)CN=C1CCC/C1=C(/N)C(=O)N1C[C@@H](C)O[C@@H](C)C1.Cc1ccc(F)c(F)c1. The number of rotatable bonds is 7. The van der Waals surface area contributed by atoms with Crippen LogP contribution in [0.2, 0.25) is 0 Å². The number of hydrogen-bond acceptors (Lipinski definition) is 5. The third-order valence-corrected chi connectivity index (χ3v) is 6.27. The maximum absolute atomic E-state index is 12.9. The number of ether oxygens (including phenoxy) is 1. The highest BCUT2D eigenvalue weighted by atomic mass is 19.2. The second-order valence-corrected chi connectivity index (χ2v) is 10.5. The summed E-state index contributed by atoms with van der Waals surface area (Å²) in [6.45, 7) is 16.8. The van der Waals surface area contributed by atoms with Gasteiger partial charge in [-0.3, -0.25) is 14.6 Å². The van der Waals surface area contributed by atoms with Gasteiger partial charge in [-0.15, -0.1) is 0 Å². The number of morpholine rings is 1. The van der Waals surface area contributed by atoms with Crippen LogP contribution in [0.3, 0.4) is 0 Å². The zero-order valence-electron chi connectivity index (χ0n) is 25.6. The predicted octanol–water partition coefficient (Wildman–Crippen LogP) is 5.80. The summed E-state index contributed by atoms with van der Waals surface area (Å²) in [7, 11) is 0. The second-order valence-electron chi connectivity index (χ2n) is 10.5. The predicted molar refractivity (Wildman–Crippen MR) is 158 cm³/mol. The monoisotopic (exact) mass is 564 g/mol. The van der Waals surface area contributed by atoms with Gasteiger partial charge in [0.2, 0.25) is 5.91 Å². The van der Waals surface area contributed by atoms with Gasteiger partial charge in [0.15, 0.2) is 11.6 Å². The van der Waals surface area contributed by atoms with E-state index in [2.05, 4.69) is 32.7 Å². The number of benzene rings is 1. The Morgan fingerprint density at radius 2 is 1.60 bits per heavy atom. The van der Waals surface area contributed by atoms with E-state index in [9.17, 15) is 18.4 Å². The first kappa shape index (κ1) is 35.2. The lowest BCUT2D eigenvalue weighted by Gasteiger charge is -2.35. The molecule has 9 heteroatoms. The van der Waals surface area contributed by atoms with Crippen LogP contribution in [0.25, 0.3) is 0 Å². The van der Waals surface area contributed by atoms with Gasteiger partial charge in [0.05, 0.1) is 12.2 Å². The molecule has 2 N–H and O–H groups in total. The number of halogens is 2. The van der Waals surface area contributed by atoms with Crippen molar-refractivity contribution in [2.75, 3.05) is 32.7 Å². The normalized spacial score (nSPS) is 20.7. The van der Waals surface area contributed by atoms with Crippen molar-refractivity contribution in [1.82, 2.24) is 9.80 Å². The molecule has 2 fully saturated rings. The van der Waals surface area contributed by atoms with Crippen molar-refractivity contribution < 1.29 is 23.1 Å². The van der Waals surface area contributed by atoms with Gasteiger partial charge < -0.3 is 20.3 Å². The van der Waals surface area contributed by atoms with E-state index in [-0.39, 0.29) is 36.3 Å². The van der Waals surface area contributed by atoms with E-state index in [1.807, 2.05) is 18.7 Å². The Kier molecular flexibility index (Phi) is 16.3. The van der Waals surface area contributed by atoms with Gasteiger partial charge in [0.25, 0.3) is 5.91 Å². The molecule has 1 aliphatic heterocycles. The largest absolute Gasteiger partial charge is 0.394 e. The minimum absolute atomic E-state index is 0.00273. The van der Waals surface area contributed by atoms with Crippen LogP contribution in [-0.4, -0.2) is 72.3 Å². The lowest BCUT2D eigenvalue weighted by atomic mass is 10.1. The van der Waals surface area contributed by atoms with Crippen LogP contribution in [0.5, 0.6) is 0 Å². The van der Waals surface area contributed by atoms with Gasteiger partial charge in [-0.1, -0.05) is 40.2 Å². The van der Waals surface area contributed by atoms with Gasteiger partial charge in [-0.05, 0) is 70.6 Å². The molecule has 3 rings (SSSR count). The summed E-state index contributed by atoms with van der Waals surface area (Å²) < 4.78 is 30.0. The Balaban J connectivity index is 0.000000552. The topological polar surface area (TPSA) is 88.2 Å². The van der Waals surface area contributed by atoms with Crippen molar-refractivity contribution >= 4 is 17.5 Å². The minimum atomic E-state index is -0.791. The number of nitrogens with two attached hydrogens (primary N) is 1. The standard InChI is InChI=1S/C21H36N4O3.C7H6F2.C3H8/c1-5-10-24(11-6-2)19(26)12-23-18-9-7-8-17(18)20(22)21(27)25-13-15(3)28-16(4)14-25;1-5-2-3-6(8)7(9)4-5;1-3-2/h15-16H,5-14,22H2,1-4H3;2-4H,1H3;3H2,1-2H3/b20-17-,23-18?;;/t15-,16+;;. The molecule has 1 saturated heterocycles. The van der Waals surface area contributed by atoms with Crippen molar-refractivity contribution in [3.8, 4) is 0 Å². The first-order valence-corrected chi connectivity index (χ1v) is 14.6. The summed E-state index contributed by atoms with van der Waals surface area (Å²) in [6, 6.07) is 3.80. The van der Waals surface area contributed by atoms with Crippen LogP contribution in [0.15, 0.2) is 34.5 Å². The third kappa shape index (κ3) is 11.7. The summed E-state index contributed by atoms with van der Waals surface area (Å²) in [5.41, 5.74) is 8.92. The Bertz CT molecular complexity index is 996. The molecule has 226 valence electrons. The molecule has 2 atom stereocenters. The number of carbonyl (C=O) groups excluding carboxylic acids is 2. The molecule has 1 aromatic rings. The number of allylic oxidation sites excluding steroid dienone is 1. The first-order chi connectivity index (χ1) is 19.0. The Labute approximate surface area is 239 Å². The molecular weight excluding hydrogens is 514 g/mol. The maximum Gasteiger partial charge on any atom is 0.270 e. The van der Waals surface area contributed by atoms with Crippen molar-refractivity contribution in [1.29, 1.82) is 0 Å². The van der Waals surface area contributed by atoms with E-state index in [4.69, 9.17) is 10.5 Å². The number of hydrogen-bond donors (Lipinski definition) is 1. The quantitative estimate of drug-likeness (QED) is 0.424. The molecule has 0 unspecified atom stereocenters. The molecule has 0 radical (unpaired) electrons. The molecule has 2 amide bonds. The number of aliphatic imine (C=N–C) groups is 1. The average molecular weight is 565 g/mol. The number of nitrogens with zero attached hydrogens (tertiary/aromatic N) is 3. The van der Waals surface area contributed by atoms with E-state index in [1.165, 1.54) is 12.5 Å². The lowest BCUT2D eigenvalue weighted by Crippen LogP contribution is -2.49. The highest BCUT2D eigenvalue weighted by Gasteiger charge is 2.30. The van der Waals surface area contributed by atoms with E-state index in [0.717, 1.165) is 74.2 Å². The summed E-state index contributed by atoms with van der Waals surface area (Å²) in [5.74, 6) is -1.67. The van der Waals surface area contributed by atoms with Gasteiger partial charge in [0, 0.05) is 37.5 Å². The van der Waals surface area contributed by atoms with Crippen molar-refractivity contribution in [3.63, 3.8) is 0 Å². The second kappa shape index (κ2) is 18.5. The summed E-state index contributed by atoms with van der Waals surface area (Å²) >= 11 is 0. The van der Waals surface area contributed by atoms with Crippen molar-refractivity contribution in [2.45, 2.75) is 99.2 Å². The van der Waals surface area contributed by atoms with Crippen LogP contribution in [0, 0.1) is 18.6 Å². The van der Waals surface area contributed by atoms with Crippen LogP contribution in [0.4, 0.5) is 8.78 Å².